The maximum Gasteiger partial charge on any atom is 0.247 e. The average molecular weight is 565 g/mol. The lowest BCUT2D eigenvalue weighted by molar-refractivity contribution is -0.144. The molecule has 6 heteroatoms. The largest absolute Gasteiger partial charge is 0.354 e. The van der Waals surface area contributed by atoms with Crippen LogP contribution in [0.3, 0.4) is 0 Å². The van der Waals surface area contributed by atoms with Gasteiger partial charge in [-0.05, 0) is 132 Å². The summed E-state index contributed by atoms with van der Waals surface area (Å²) in [6.07, 6.45) is 8.36. The average Bonchev–Trinajstić information content (AvgIpc) is 3.35. The second-order valence-corrected chi connectivity index (χ2v) is 13.2. The SMILES string of the molecule is Cc1cc(C)cc(-c2[nH]c3ccc(C(C)(C)C(=O)N4CC5CCC4CC5)cc3c2CCNCCc2ccc(=O)[nH]c2)c1. The molecule has 2 aromatic heterocycles. The van der Waals surface area contributed by atoms with Crippen LogP contribution >= 0.6 is 0 Å². The summed E-state index contributed by atoms with van der Waals surface area (Å²) in [4.78, 5) is 34.1. The van der Waals surface area contributed by atoms with E-state index in [1.165, 1.54) is 40.5 Å². The maximum absolute atomic E-state index is 14.0. The lowest BCUT2D eigenvalue weighted by atomic mass is 9.76. The van der Waals surface area contributed by atoms with Crippen LogP contribution in [0.25, 0.3) is 22.2 Å². The third kappa shape index (κ3) is 5.69. The van der Waals surface area contributed by atoms with Gasteiger partial charge in [0.1, 0.15) is 0 Å². The molecule has 0 radical (unpaired) electrons. The fraction of sp³-hybridized carbons (Fsp3) is 0.444. The van der Waals surface area contributed by atoms with Crippen LogP contribution in [0.5, 0.6) is 0 Å². The third-order valence-corrected chi connectivity index (χ3v) is 9.64. The number of aromatic amines is 2. The van der Waals surface area contributed by atoms with Gasteiger partial charge in [-0.3, -0.25) is 9.59 Å². The van der Waals surface area contributed by atoms with E-state index in [0.717, 1.165) is 67.7 Å². The summed E-state index contributed by atoms with van der Waals surface area (Å²) in [5.74, 6) is 0.942. The number of nitrogens with zero attached hydrogens (tertiary/aromatic N) is 1. The molecular formula is C36H44N4O2. The van der Waals surface area contributed by atoms with E-state index in [1.807, 2.05) is 6.07 Å². The molecule has 1 saturated carbocycles. The van der Waals surface area contributed by atoms with E-state index < -0.39 is 5.41 Å². The molecule has 4 aromatic rings. The van der Waals surface area contributed by atoms with Gasteiger partial charge in [-0.25, -0.2) is 0 Å². The lowest BCUT2D eigenvalue weighted by Crippen LogP contribution is -2.55. The number of aryl methyl sites for hydroxylation is 2. The van der Waals surface area contributed by atoms with Gasteiger partial charge in [-0.2, -0.15) is 0 Å². The van der Waals surface area contributed by atoms with Gasteiger partial charge in [-0.1, -0.05) is 29.3 Å². The summed E-state index contributed by atoms with van der Waals surface area (Å²) in [6.45, 7) is 11.1. The molecule has 1 amide bonds. The van der Waals surface area contributed by atoms with E-state index >= 15 is 0 Å². The number of aromatic nitrogens is 2. The van der Waals surface area contributed by atoms with Gasteiger partial charge < -0.3 is 20.2 Å². The van der Waals surface area contributed by atoms with Crippen LogP contribution < -0.4 is 10.9 Å². The molecule has 2 aliphatic heterocycles. The summed E-state index contributed by atoms with van der Waals surface area (Å²) in [5, 5.41) is 4.81. The zero-order chi connectivity index (χ0) is 29.4. The quantitative estimate of drug-likeness (QED) is 0.212. The fourth-order valence-electron chi connectivity index (χ4n) is 7.23. The van der Waals surface area contributed by atoms with Crippen molar-refractivity contribution in [3.05, 3.63) is 92.9 Å². The van der Waals surface area contributed by atoms with Crippen molar-refractivity contribution in [3.63, 3.8) is 0 Å². The first kappa shape index (κ1) is 28.5. The lowest BCUT2D eigenvalue weighted by Gasteiger charge is -2.47. The summed E-state index contributed by atoms with van der Waals surface area (Å²) >= 11 is 0. The highest BCUT2D eigenvalue weighted by atomic mass is 16.2. The second-order valence-electron chi connectivity index (χ2n) is 13.2. The minimum Gasteiger partial charge on any atom is -0.354 e. The number of fused-ring (bicyclic) bond motifs is 4. The van der Waals surface area contributed by atoms with Crippen LogP contribution in [0, 0.1) is 19.8 Å². The Morgan fingerprint density at radius 3 is 2.36 bits per heavy atom. The minimum absolute atomic E-state index is 0.0719. The van der Waals surface area contributed by atoms with Gasteiger partial charge in [0.25, 0.3) is 0 Å². The number of hydrogen-bond acceptors (Lipinski definition) is 3. The number of hydrogen-bond donors (Lipinski definition) is 3. The van der Waals surface area contributed by atoms with Crippen molar-refractivity contribution < 1.29 is 4.79 Å². The van der Waals surface area contributed by atoms with Crippen LogP contribution in [0.4, 0.5) is 0 Å². The Kier molecular flexibility index (Phi) is 7.84. The van der Waals surface area contributed by atoms with Crippen LogP contribution in [-0.4, -0.2) is 46.5 Å². The van der Waals surface area contributed by atoms with Crippen molar-refractivity contribution in [1.82, 2.24) is 20.2 Å². The smallest absolute Gasteiger partial charge is 0.247 e. The van der Waals surface area contributed by atoms with E-state index in [0.29, 0.717) is 12.0 Å². The molecule has 7 rings (SSSR count). The predicted octanol–water partition coefficient (Wildman–Crippen LogP) is 6.19. The summed E-state index contributed by atoms with van der Waals surface area (Å²) < 4.78 is 0. The standard InChI is InChI=1S/C36H44N4O2/c1-23-17-24(2)19-27(18-23)34-30(14-16-37-15-13-25-7-12-33(41)38-21-25)31-20-28(8-11-32(31)39-34)36(3,4)35(42)40-22-26-5-9-29(40)10-6-26/h7-8,11-12,17-21,26,29,37,39H,5-6,9-10,13-16,22H2,1-4H3,(H,38,41). The summed E-state index contributed by atoms with van der Waals surface area (Å²) in [5.41, 5.74) is 8.79. The number of piperidine rings is 2. The van der Waals surface area contributed by atoms with Crippen molar-refractivity contribution >= 4 is 16.8 Å². The topological polar surface area (TPSA) is 81.0 Å². The Balaban J connectivity index is 1.28. The highest BCUT2D eigenvalue weighted by Gasteiger charge is 2.42. The summed E-state index contributed by atoms with van der Waals surface area (Å²) in [6, 6.07) is 17.2. The first-order valence-electron chi connectivity index (χ1n) is 15.6. The zero-order valence-corrected chi connectivity index (χ0v) is 25.5. The Morgan fingerprint density at radius 1 is 0.952 bits per heavy atom. The number of nitrogens with one attached hydrogen (secondary N) is 3. The molecule has 1 aliphatic carbocycles. The van der Waals surface area contributed by atoms with Crippen molar-refractivity contribution in [2.75, 3.05) is 19.6 Å². The van der Waals surface area contributed by atoms with Crippen molar-refractivity contribution in [2.45, 2.75) is 77.7 Å². The maximum atomic E-state index is 14.0. The molecule has 0 unspecified atom stereocenters. The van der Waals surface area contributed by atoms with Gasteiger partial charge in [-0.15, -0.1) is 0 Å². The minimum atomic E-state index is -0.588. The number of amides is 1. The molecule has 4 heterocycles. The van der Waals surface area contributed by atoms with Gasteiger partial charge in [0.2, 0.25) is 11.5 Å². The van der Waals surface area contributed by atoms with Gasteiger partial charge in [0.05, 0.1) is 5.41 Å². The Bertz CT molecular complexity index is 1610. The van der Waals surface area contributed by atoms with Crippen LogP contribution in [0.1, 0.15) is 67.3 Å². The van der Waals surface area contributed by atoms with E-state index in [2.05, 4.69) is 84.3 Å². The Morgan fingerprint density at radius 2 is 1.69 bits per heavy atom. The van der Waals surface area contributed by atoms with Gasteiger partial charge in [0.15, 0.2) is 0 Å². The number of carbonyl (C=O) groups excluding carboxylic acids is 1. The van der Waals surface area contributed by atoms with E-state index in [-0.39, 0.29) is 11.5 Å². The number of pyridine rings is 1. The van der Waals surface area contributed by atoms with E-state index in [1.54, 1.807) is 12.3 Å². The van der Waals surface area contributed by atoms with Crippen molar-refractivity contribution in [2.24, 2.45) is 5.92 Å². The molecule has 3 N–H and O–H groups in total. The van der Waals surface area contributed by atoms with E-state index in [4.69, 9.17) is 0 Å². The molecule has 0 spiro atoms. The molecule has 6 nitrogen and oxygen atoms in total. The van der Waals surface area contributed by atoms with Crippen LogP contribution in [0.15, 0.2) is 59.5 Å². The number of rotatable bonds is 9. The third-order valence-electron chi connectivity index (χ3n) is 9.64. The van der Waals surface area contributed by atoms with Gasteiger partial charge in [0, 0.05) is 41.4 Å². The first-order chi connectivity index (χ1) is 20.2. The summed E-state index contributed by atoms with van der Waals surface area (Å²) in [7, 11) is 0. The Hall–Kier alpha value is -3.64. The molecule has 2 bridgehead atoms. The molecule has 2 aromatic carbocycles. The fourth-order valence-corrected chi connectivity index (χ4v) is 7.23. The number of H-pyrrole nitrogens is 2. The number of carbonyl (C=O) groups is 1. The monoisotopic (exact) mass is 564 g/mol. The van der Waals surface area contributed by atoms with Crippen LogP contribution in [-0.2, 0) is 23.1 Å². The molecule has 3 aliphatic rings. The number of benzene rings is 2. The molecule has 2 saturated heterocycles. The molecule has 220 valence electrons. The molecular weight excluding hydrogens is 520 g/mol. The molecule has 0 atom stereocenters. The van der Waals surface area contributed by atoms with Crippen molar-refractivity contribution in [3.8, 4) is 11.3 Å². The highest BCUT2D eigenvalue weighted by molar-refractivity contribution is 5.94. The first-order valence-corrected chi connectivity index (χ1v) is 15.6. The Labute approximate surface area is 248 Å². The van der Waals surface area contributed by atoms with Gasteiger partial charge >= 0.3 is 0 Å². The normalized spacial score (nSPS) is 18.6. The van der Waals surface area contributed by atoms with Crippen molar-refractivity contribution in [1.29, 1.82) is 0 Å². The zero-order valence-electron chi connectivity index (χ0n) is 25.5. The predicted molar refractivity (Wildman–Crippen MR) is 171 cm³/mol. The van der Waals surface area contributed by atoms with E-state index in [9.17, 15) is 9.59 Å². The molecule has 42 heavy (non-hydrogen) atoms. The second kappa shape index (κ2) is 11.6. The highest BCUT2D eigenvalue weighted by Crippen LogP contribution is 2.39. The molecule has 3 fully saturated rings. The van der Waals surface area contributed by atoms with Crippen LogP contribution in [0.2, 0.25) is 0 Å².